The van der Waals surface area contributed by atoms with Gasteiger partial charge in [-0.1, -0.05) is 6.07 Å². The van der Waals surface area contributed by atoms with Crippen molar-refractivity contribution in [2.24, 2.45) is 0 Å². The van der Waals surface area contributed by atoms with Gasteiger partial charge >= 0.3 is 5.97 Å². The molecule has 2 aromatic heterocycles. The molecule has 0 aliphatic heterocycles. The summed E-state index contributed by atoms with van der Waals surface area (Å²) in [5.41, 5.74) is 0.904. The van der Waals surface area contributed by atoms with E-state index in [1.165, 1.54) is 0 Å². The molecule has 0 aliphatic carbocycles. The number of pyridine rings is 1. The van der Waals surface area contributed by atoms with Crippen LogP contribution in [0.15, 0.2) is 49.1 Å². The third-order valence-corrected chi connectivity index (χ3v) is 2.42. The zero-order chi connectivity index (χ0) is 11.4. The number of aromatic nitrogens is 2. The second-order valence-corrected chi connectivity index (χ2v) is 3.53. The first-order valence-corrected chi connectivity index (χ1v) is 5.01. The van der Waals surface area contributed by atoms with Gasteiger partial charge in [0, 0.05) is 24.8 Å². The van der Waals surface area contributed by atoms with Gasteiger partial charge in [-0.3, -0.25) is 9.78 Å². The lowest BCUT2D eigenvalue weighted by molar-refractivity contribution is -0.137. The van der Waals surface area contributed by atoms with Crippen LogP contribution in [0.2, 0.25) is 0 Å². The van der Waals surface area contributed by atoms with Crippen molar-refractivity contribution in [2.75, 3.05) is 0 Å². The Labute approximate surface area is 93.2 Å². The Morgan fingerprint density at radius 1 is 1.38 bits per heavy atom. The van der Waals surface area contributed by atoms with Crippen LogP contribution in [-0.4, -0.2) is 20.6 Å². The van der Waals surface area contributed by atoms with Crippen molar-refractivity contribution < 1.29 is 9.90 Å². The maximum atomic E-state index is 10.8. The van der Waals surface area contributed by atoms with Gasteiger partial charge < -0.3 is 9.67 Å². The Hall–Kier alpha value is -2.10. The van der Waals surface area contributed by atoms with Crippen molar-refractivity contribution in [1.29, 1.82) is 0 Å². The zero-order valence-corrected chi connectivity index (χ0v) is 8.65. The zero-order valence-electron chi connectivity index (χ0n) is 8.65. The minimum absolute atomic E-state index is 0.0559. The molecule has 0 saturated carbocycles. The van der Waals surface area contributed by atoms with E-state index in [1.54, 1.807) is 12.4 Å². The van der Waals surface area contributed by atoms with Crippen molar-refractivity contribution in [2.45, 2.75) is 12.5 Å². The molecule has 0 aliphatic rings. The van der Waals surface area contributed by atoms with E-state index in [0.717, 1.165) is 5.56 Å². The lowest BCUT2D eigenvalue weighted by Crippen LogP contribution is -2.13. The number of rotatable bonds is 4. The van der Waals surface area contributed by atoms with Crippen molar-refractivity contribution in [3.05, 3.63) is 54.6 Å². The summed E-state index contributed by atoms with van der Waals surface area (Å²) in [6.07, 6.45) is 7.16. The minimum atomic E-state index is -0.817. The van der Waals surface area contributed by atoms with E-state index >= 15 is 0 Å². The Morgan fingerprint density at radius 3 is 2.69 bits per heavy atom. The van der Waals surface area contributed by atoms with Crippen LogP contribution in [0.25, 0.3) is 0 Å². The second kappa shape index (κ2) is 4.61. The molecule has 16 heavy (non-hydrogen) atoms. The molecule has 0 amide bonds. The molecule has 2 aromatic rings. The van der Waals surface area contributed by atoms with E-state index in [4.69, 9.17) is 5.11 Å². The molecule has 1 atom stereocenters. The van der Waals surface area contributed by atoms with Gasteiger partial charge in [0.2, 0.25) is 0 Å². The molecule has 4 nitrogen and oxygen atoms in total. The third-order valence-electron chi connectivity index (χ3n) is 2.42. The maximum Gasteiger partial charge on any atom is 0.305 e. The summed E-state index contributed by atoms with van der Waals surface area (Å²) in [7, 11) is 0. The van der Waals surface area contributed by atoms with Gasteiger partial charge in [-0.25, -0.2) is 0 Å². The highest BCUT2D eigenvalue weighted by Crippen LogP contribution is 2.21. The first-order valence-electron chi connectivity index (χ1n) is 5.01. The normalized spacial score (nSPS) is 12.2. The number of carboxylic acids is 1. The lowest BCUT2D eigenvalue weighted by Gasteiger charge is -2.16. The topological polar surface area (TPSA) is 55.1 Å². The largest absolute Gasteiger partial charge is 0.481 e. The smallest absolute Gasteiger partial charge is 0.305 e. The fraction of sp³-hybridized carbons (Fsp3) is 0.167. The van der Waals surface area contributed by atoms with E-state index in [9.17, 15) is 4.79 Å². The number of hydrogen-bond acceptors (Lipinski definition) is 2. The molecule has 0 spiro atoms. The van der Waals surface area contributed by atoms with Crippen molar-refractivity contribution in [3.8, 4) is 0 Å². The fourth-order valence-electron chi connectivity index (χ4n) is 1.69. The van der Waals surface area contributed by atoms with Gasteiger partial charge in [0.15, 0.2) is 0 Å². The predicted octanol–water partition coefficient (Wildman–Crippen LogP) is 1.95. The standard InChI is InChI=1S/C12H12N2O2/c15-12(16)8-11(14-6-1-2-7-14)10-4-3-5-13-9-10/h1-7,9,11H,8H2,(H,15,16). The average molecular weight is 216 g/mol. The Kier molecular flexibility index (Phi) is 3.00. The average Bonchev–Trinajstić information content (AvgIpc) is 2.80. The quantitative estimate of drug-likeness (QED) is 0.849. The van der Waals surface area contributed by atoms with Gasteiger partial charge in [0.05, 0.1) is 12.5 Å². The highest BCUT2D eigenvalue weighted by molar-refractivity contribution is 5.68. The molecule has 0 bridgehead atoms. The molecule has 0 aromatic carbocycles. The summed E-state index contributed by atoms with van der Waals surface area (Å²) in [6, 6.07) is 7.27. The number of nitrogens with zero attached hydrogens (tertiary/aromatic N) is 2. The fourth-order valence-corrected chi connectivity index (χ4v) is 1.69. The van der Waals surface area contributed by atoms with Crippen LogP contribution in [0.1, 0.15) is 18.0 Å². The van der Waals surface area contributed by atoms with Crippen LogP contribution in [0.4, 0.5) is 0 Å². The molecule has 2 heterocycles. The first-order chi connectivity index (χ1) is 7.77. The summed E-state index contributed by atoms with van der Waals surface area (Å²) in [5.74, 6) is -0.817. The lowest BCUT2D eigenvalue weighted by atomic mass is 10.1. The predicted molar refractivity (Wildman–Crippen MR) is 59.1 cm³/mol. The second-order valence-electron chi connectivity index (χ2n) is 3.53. The van der Waals surface area contributed by atoms with Crippen LogP contribution in [0.3, 0.4) is 0 Å². The Morgan fingerprint density at radius 2 is 2.12 bits per heavy atom. The molecular weight excluding hydrogens is 204 g/mol. The molecule has 0 radical (unpaired) electrons. The SMILES string of the molecule is O=C(O)CC(c1cccnc1)n1cccc1. The van der Waals surface area contributed by atoms with E-state index in [1.807, 2.05) is 41.2 Å². The highest BCUT2D eigenvalue weighted by Gasteiger charge is 2.16. The summed E-state index contributed by atoms with van der Waals surface area (Å²) in [5, 5.41) is 8.91. The molecule has 4 heteroatoms. The van der Waals surface area contributed by atoms with E-state index in [-0.39, 0.29) is 12.5 Å². The number of hydrogen-bond donors (Lipinski definition) is 1. The van der Waals surface area contributed by atoms with Crippen molar-refractivity contribution >= 4 is 5.97 Å². The van der Waals surface area contributed by atoms with Crippen LogP contribution in [-0.2, 0) is 4.79 Å². The van der Waals surface area contributed by atoms with Gasteiger partial charge in [-0.15, -0.1) is 0 Å². The minimum Gasteiger partial charge on any atom is -0.481 e. The Balaban J connectivity index is 2.32. The van der Waals surface area contributed by atoms with Crippen molar-refractivity contribution in [1.82, 2.24) is 9.55 Å². The molecule has 1 N–H and O–H groups in total. The molecule has 82 valence electrons. The van der Waals surface area contributed by atoms with Gasteiger partial charge in [0.1, 0.15) is 0 Å². The molecule has 0 saturated heterocycles. The van der Waals surface area contributed by atoms with E-state index in [0.29, 0.717) is 0 Å². The first kappa shape index (κ1) is 10.4. The Bertz CT molecular complexity index is 451. The number of aliphatic carboxylic acids is 1. The van der Waals surface area contributed by atoms with Gasteiger partial charge in [-0.05, 0) is 23.8 Å². The van der Waals surface area contributed by atoms with Crippen LogP contribution < -0.4 is 0 Å². The summed E-state index contributed by atoms with van der Waals surface area (Å²) >= 11 is 0. The van der Waals surface area contributed by atoms with E-state index in [2.05, 4.69) is 4.98 Å². The van der Waals surface area contributed by atoms with Crippen molar-refractivity contribution in [3.63, 3.8) is 0 Å². The number of carbonyl (C=O) groups is 1. The maximum absolute atomic E-state index is 10.8. The third kappa shape index (κ3) is 2.28. The summed E-state index contributed by atoms with van der Waals surface area (Å²) in [4.78, 5) is 14.9. The van der Waals surface area contributed by atoms with Gasteiger partial charge in [-0.2, -0.15) is 0 Å². The van der Waals surface area contributed by atoms with Crippen LogP contribution >= 0.6 is 0 Å². The van der Waals surface area contributed by atoms with Crippen LogP contribution in [0.5, 0.6) is 0 Å². The molecule has 2 rings (SSSR count). The highest BCUT2D eigenvalue weighted by atomic mass is 16.4. The summed E-state index contributed by atoms with van der Waals surface area (Å²) in [6.45, 7) is 0. The molecular formula is C12H12N2O2. The monoisotopic (exact) mass is 216 g/mol. The molecule has 0 fully saturated rings. The number of carboxylic acid groups (broad SMARTS) is 1. The summed E-state index contributed by atoms with van der Waals surface area (Å²) < 4.78 is 1.88. The van der Waals surface area contributed by atoms with Gasteiger partial charge in [0.25, 0.3) is 0 Å². The van der Waals surface area contributed by atoms with Crippen LogP contribution in [0, 0.1) is 0 Å². The molecule has 1 unspecified atom stereocenters. The van der Waals surface area contributed by atoms with E-state index < -0.39 is 5.97 Å².